The summed E-state index contributed by atoms with van der Waals surface area (Å²) in [4.78, 5) is 24.2. The van der Waals surface area contributed by atoms with Crippen LogP contribution in [0.3, 0.4) is 0 Å². The Hall–Kier alpha value is -1.73. The Balaban J connectivity index is 0.00000220. The smallest absolute Gasteiger partial charge is 0.320 e. The summed E-state index contributed by atoms with van der Waals surface area (Å²) in [6, 6.07) is 2.05. The van der Waals surface area contributed by atoms with Crippen molar-refractivity contribution in [1.29, 1.82) is 0 Å². The molecule has 0 spiro atoms. The molecule has 8 heteroatoms. The number of amides is 1. The number of aliphatic carboxylic acids is 1. The zero-order valence-electron chi connectivity index (χ0n) is 11.0. The second-order valence-corrected chi connectivity index (χ2v) is 4.64. The van der Waals surface area contributed by atoms with Gasteiger partial charge < -0.3 is 10.4 Å². The molecule has 1 aliphatic rings. The zero-order chi connectivity index (χ0) is 14.7. The summed E-state index contributed by atoms with van der Waals surface area (Å²) in [5.41, 5.74) is -0.249. The fourth-order valence-corrected chi connectivity index (χ4v) is 2.26. The maximum Gasteiger partial charge on any atom is 0.320 e. The van der Waals surface area contributed by atoms with Crippen LogP contribution in [0.15, 0.2) is 18.2 Å². The number of likely N-dealkylation sites (tertiary alicyclic amines) is 1. The predicted molar refractivity (Wildman–Crippen MR) is 74.5 cm³/mol. The van der Waals surface area contributed by atoms with Gasteiger partial charge in [0.1, 0.15) is 17.7 Å². The van der Waals surface area contributed by atoms with Crippen LogP contribution in [0.5, 0.6) is 0 Å². The molecule has 1 aromatic rings. The van der Waals surface area contributed by atoms with Crippen LogP contribution in [0.2, 0.25) is 0 Å². The van der Waals surface area contributed by atoms with Gasteiger partial charge in [0.2, 0.25) is 5.91 Å². The van der Waals surface area contributed by atoms with E-state index < -0.39 is 29.6 Å². The van der Waals surface area contributed by atoms with Crippen LogP contribution in [0.1, 0.15) is 12.8 Å². The Labute approximate surface area is 126 Å². The number of anilines is 1. The van der Waals surface area contributed by atoms with Crippen molar-refractivity contribution in [1.82, 2.24) is 4.90 Å². The lowest BCUT2D eigenvalue weighted by molar-refractivity contribution is -0.142. The first kappa shape index (κ1) is 17.3. The summed E-state index contributed by atoms with van der Waals surface area (Å²) in [6.07, 6.45) is 1.18. The Bertz CT molecular complexity index is 542. The van der Waals surface area contributed by atoms with Crippen molar-refractivity contribution in [3.05, 3.63) is 29.8 Å². The standard InChI is InChI=1S/C13H14F2N2O3.ClH/c14-8-3-4-9(15)10(6-8)16-12(18)7-17-5-1-2-11(17)13(19)20;/h3-4,6,11H,1-2,5,7H2,(H,16,18)(H,19,20);1H. The summed E-state index contributed by atoms with van der Waals surface area (Å²) < 4.78 is 26.3. The summed E-state index contributed by atoms with van der Waals surface area (Å²) in [5, 5.41) is 11.2. The second kappa shape index (κ2) is 7.33. The number of carbonyl (C=O) groups excluding carboxylic acids is 1. The minimum Gasteiger partial charge on any atom is -0.480 e. The molecular formula is C13H15ClF2N2O3. The van der Waals surface area contributed by atoms with E-state index in [9.17, 15) is 18.4 Å². The molecule has 0 aromatic heterocycles. The lowest BCUT2D eigenvalue weighted by Gasteiger charge is -2.20. The monoisotopic (exact) mass is 320 g/mol. The first-order valence-electron chi connectivity index (χ1n) is 6.19. The van der Waals surface area contributed by atoms with Gasteiger partial charge in [-0.15, -0.1) is 12.4 Å². The van der Waals surface area contributed by atoms with E-state index in [0.29, 0.717) is 19.4 Å². The Morgan fingerprint density at radius 2 is 2.10 bits per heavy atom. The fourth-order valence-electron chi connectivity index (χ4n) is 2.26. The average molecular weight is 321 g/mol. The van der Waals surface area contributed by atoms with Crippen molar-refractivity contribution < 1.29 is 23.5 Å². The van der Waals surface area contributed by atoms with Crippen LogP contribution < -0.4 is 5.32 Å². The molecule has 2 rings (SSSR count). The quantitative estimate of drug-likeness (QED) is 0.888. The molecule has 1 unspecified atom stereocenters. The van der Waals surface area contributed by atoms with Crippen LogP contribution in [0.4, 0.5) is 14.5 Å². The highest BCUT2D eigenvalue weighted by molar-refractivity contribution is 5.92. The average Bonchev–Trinajstić information content (AvgIpc) is 2.82. The van der Waals surface area contributed by atoms with E-state index >= 15 is 0 Å². The topological polar surface area (TPSA) is 69.6 Å². The molecule has 116 valence electrons. The minimum atomic E-state index is -0.979. The van der Waals surface area contributed by atoms with Crippen LogP contribution in [-0.2, 0) is 9.59 Å². The number of hydrogen-bond donors (Lipinski definition) is 2. The van der Waals surface area contributed by atoms with E-state index in [4.69, 9.17) is 5.11 Å². The van der Waals surface area contributed by atoms with Crippen LogP contribution in [0.25, 0.3) is 0 Å². The first-order valence-corrected chi connectivity index (χ1v) is 6.19. The summed E-state index contributed by atoms with van der Waals surface area (Å²) in [7, 11) is 0. The predicted octanol–water partition coefficient (Wildman–Crippen LogP) is 1.87. The SMILES string of the molecule is Cl.O=C(CN1CCCC1C(=O)O)Nc1cc(F)ccc1F. The molecule has 0 aliphatic carbocycles. The van der Waals surface area contributed by atoms with Crippen molar-refractivity contribution in [2.24, 2.45) is 0 Å². The Kier molecular flexibility index (Phi) is 6.04. The maximum atomic E-state index is 13.4. The van der Waals surface area contributed by atoms with Gasteiger partial charge in [-0.05, 0) is 31.5 Å². The summed E-state index contributed by atoms with van der Waals surface area (Å²) >= 11 is 0. The molecule has 1 amide bonds. The van der Waals surface area contributed by atoms with E-state index in [2.05, 4.69) is 5.32 Å². The largest absolute Gasteiger partial charge is 0.480 e. The molecule has 1 saturated heterocycles. The number of hydrogen-bond acceptors (Lipinski definition) is 3. The molecule has 1 heterocycles. The van der Waals surface area contributed by atoms with Gasteiger partial charge in [-0.2, -0.15) is 0 Å². The van der Waals surface area contributed by atoms with Gasteiger partial charge in [-0.3, -0.25) is 14.5 Å². The molecule has 5 nitrogen and oxygen atoms in total. The third-order valence-electron chi connectivity index (χ3n) is 3.20. The van der Waals surface area contributed by atoms with Crippen molar-refractivity contribution in [2.45, 2.75) is 18.9 Å². The van der Waals surface area contributed by atoms with Gasteiger partial charge in [0, 0.05) is 6.07 Å². The number of rotatable bonds is 4. The van der Waals surface area contributed by atoms with Crippen LogP contribution in [0, 0.1) is 11.6 Å². The molecule has 0 saturated carbocycles. The number of halogens is 3. The van der Waals surface area contributed by atoms with Crippen molar-refractivity contribution in [2.75, 3.05) is 18.4 Å². The molecule has 1 aliphatic heterocycles. The molecule has 1 atom stereocenters. The molecule has 2 N–H and O–H groups in total. The van der Waals surface area contributed by atoms with E-state index in [0.717, 1.165) is 18.2 Å². The number of nitrogens with one attached hydrogen (secondary N) is 1. The Morgan fingerprint density at radius 1 is 1.38 bits per heavy atom. The van der Waals surface area contributed by atoms with Crippen molar-refractivity contribution >= 4 is 30.0 Å². The van der Waals surface area contributed by atoms with E-state index in [1.807, 2.05) is 0 Å². The van der Waals surface area contributed by atoms with Gasteiger partial charge in [0.05, 0.1) is 12.2 Å². The maximum absolute atomic E-state index is 13.4. The molecular weight excluding hydrogens is 306 g/mol. The zero-order valence-corrected chi connectivity index (χ0v) is 11.8. The van der Waals surface area contributed by atoms with Gasteiger partial charge in [-0.1, -0.05) is 0 Å². The molecule has 1 aromatic carbocycles. The lowest BCUT2D eigenvalue weighted by Crippen LogP contribution is -2.41. The van der Waals surface area contributed by atoms with Gasteiger partial charge in [0.25, 0.3) is 0 Å². The molecule has 0 bridgehead atoms. The normalized spacial score (nSPS) is 18.1. The number of nitrogens with zero attached hydrogens (tertiary/aromatic N) is 1. The Morgan fingerprint density at radius 3 is 2.76 bits per heavy atom. The van der Waals surface area contributed by atoms with Crippen LogP contribution >= 0.6 is 12.4 Å². The number of benzene rings is 1. The summed E-state index contributed by atoms with van der Waals surface area (Å²) in [6.45, 7) is 0.336. The second-order valence-electron chi connectivity index (χ2n) is 4.64. The lowest BCUT2D eigenvalue weighted by atomic mass is 10.2. The van der Waals surface area contributed by atoms with Gasteiger partial charge in [-0.25, -0.2) is 8.78 Å². The van der Waals surface area contributed by atoms with E-state index in [-0.39, 0.29) is 24.6 Å². The first-order chi connectivity index (χ1) is 9.47. The third-order valence-corrected chi connectivity index (χ3v) is 3.20. The van der Waals surface area contributed by atoms with Crippen molar-refractivity contribution in [3.8, 4) is 0 Å². The van der Waals surface area contributed by atoms with Crippen molar-refractivity contribution in [3.63, 3.8) is 0 Å². The molecule has 0 radical (unpaired) electrons. The van der Waals surface area contributed by atoms with Crippen LogP contribution in [-0.4, -0.2) is 41.0 Å². The highest BCUT2D eigenvalue weighted by atomic mass is 35.5. The van der Waals surface area contributed by atoms with E-state index in [1.165, 1.54) is 4.90 Å². The van der Waals surface area contributed by atoms with Gasteiger partial charge in [0.15, 0.2) is 0 Å². The fraction of sp³-hybridized carbons (Fsp3) is 0.385. The number of carbonyl (C=O) groups is 2. The number of carboxylic acids is 1. The van der Waals surface area contributed by atoms with Gasteiger partial charge >= 0.3 is 5.97 Å². The molecule has 21 heavy (non-hydrogen) atoms. The third kappa shape index (κ3) is 4.37. The highest BCUT2D eigenvalue weighted by Crippen LogP contribution is 2.18. The number of carboxylic acid groups (broad SMARTS) is 1. The molecule has 1 fully saturated rings. The van der Waals surface area contributed by atoms with E-state index in [1.54, 1.807) is 0 Å². The summed E-state index contributed by atoms with van der Waals surface area (Å²) in [5.74, 6) is -2.95. The minimum absolute atomic E-state index is 0. The highest BCUT2D eigenvalue weighted by Gasteiger charge is 2.31.